The van der Waals surface area contributed by atoms with Crippen molar-refractivity contribution in [3.05, 3.63) is 73.2 Å². The number of sulfonamides is 1. The van der Waals surface area contributed by atoms with Crippen molar-refractivity contribution in [3.8, 4) is 11.1 Å². The Hall–Kier alpha value is -4.78. The lowest BCUT2D eigenvalue weighted by molar-refractivity contribution is -0.138. The highest BCUT2D eigenvalue weighted by Crippen LogP contribution is 2.28. The Bertz CT molecular complexity index is 1870. The molecule has 0 bridgehead atoms. The second-order valence-electron chi connectivity index (χ2n) is 12.9. The van der Waals surface area contributed by atoms with Gasteiger partial charge in [-0.1, -0.05) is 24.3 Å². The zero-order chi connectivity index (χ0) is 33.2. The summed E-state index contributed by atoms with van der Waals surface area (Å²) in [5.74, 6) is 0.817. The number of pyridine rings is 1. The maximum absolute atomic E-state index is 13.3. The van der Waals surface area contributed by atoms with E-state index in [0.29, 0.717) is 63.3 Å². The van der Waals surface area contributed by atoms with Crippen molar-refractivity contribution in [2.24, 2.45) is 5.92 Å². The molecular formula is C34H39N7O5S. The number of amides is 2. The quantitative estimate of drug-likeness (QED) is 0.310. The topological polar surface area (TPSA) is 138 Å². The van der Waals surface area contributed by atoms with Crippen molar-refractivity contribution < 1.29 is 22.7 Å². The van der Waals surface area contributed by atoms with E-state index < -0.39 is 15.6 Å². The molecule has 12 nitrogen and oxygen atoms in total. The van der Waals surface area contributed by atoms with Gasteiger partial charge >= 0.3 is 6.09 Å². The molecule has 6 rings (SSSR count). The number of carbonyl (C=O) groups is 2. The van der Waals surface area contributed by atoms with Crippen molar-refractivity contribution in [1.82, 2.24) is 24.8 Å². The van der Waals surface area contributed by atoms with Crippen LogP contribution in [0, 0.1) is 5.92 Å². The Morgan fingerprint density at radius 1 is 0.830 bits per heavy atom. The van der Waals surface area contributed by atoms with Gasteiger partial charge in [-0.15, -0.1) is 0 Å². The standard InChI is InChI=1S/C34H39N7O5S/c1-34(2,3)46-33(43)41-17-15-40(16-18-41)32(42)24-11-13-39(14-12-24)31-23-36-29-10-9-25(20-30(29)37-31)26-19-27(22-35-21-26)38-47(44,45)28-7-5-4-6-8-28/h4-10,19-24,38H,11-18H2,1-3H3. The van der Waals surface area contributed by atoms with Gasteiger partial charge in [0.05, 0.1) is 34.0 Å². The van der Waals surface area contributed by atoms with Crippen LogP contribution < -0.4 is 9.62 Å². The molecule has 0 aliphatic carbocycles. The third kappa shape index (κ3) is 7.62. The molecule has 0 atom stereocenters. The number of piperazine rings is 1. The Morgan fingerprint density at radius 3 is 2.23 bits per heavy atom. The first kappa shape index (κ1) is 32.2. The largest absolute Gasteiger partial charge is 0.444 e. The molecule has 2 aliphatic rings. The first-order valence-corrected chi connectivity index (χ1v) is 17.3. The molecular weight excluding hydrogens is 618 g/mol. The number of piperidine rings is 1. The van der Waals surface area contributed by atoms with Crippen molar-refractivity contribution >= 4 is 44.6 Å². The molecule has 0 radical (unpaired) electrons. The molecule has 0 spiro atoms. The van der Waals surface area contributed by atoms with E-state index in [1.807, 2.05) is 43.9 Å². The highest BCUT2D eigenvalue weighted by Gasteiger charge is 2.33. The second-order valence-corrected chi connectivity index (χ2v) is 14.5. The van der Waals surface area contributed by atoms with E-state index in [9.17, 15) is 18.0 Å². The van der Waals surface area contributed by atoms with Gasteiger partial charge < -0.3 is 19.4 Å². The number of aromatic nitrogens is 3. The molecule has 2 fully saturated rings. The lowest BCUT2D eigenvalue weighted by Gasteiger charge is -2.39. The molecule has 246 valence electrons. The van der Waals surface area contributed by atoms with Gasteiger partial charge in [-0.25, -0.2) is 18.2 Å². The lowest BCUT2D eigenvalue weighted by atomic mass is 9.95. The summed E-state index contributed by atoms with van der Waals surface area (Å²) < 4.78 is 33.7. The highest BCUT2D eigenvalue weighted by atomic mass is 32.2. The summed E-state index contributed by atoms with van der Waals surface area (Å²) in [4.78, 5) is 45.4. The van der Waals surface area contributed by atoms with E-state index >= 15 is 0 Å². The van der Waals surface area contributed by atoms with Crippen molar-refractivity contribution in [3.63, 3.8) is 0 Å². The smallest absolute Gasteiger partial charge is 0.410 e. The SMILES string of the molecule is CC(C)(C)OC(=O)N1CCN(C(=O)C2CCN(c3cnc4ccc(-c5cncc(NS(=O)(=O)c6ccccc6)c5)cc4n3)CC2)CC1. The van der Waals surface area contributed by atoms with Crippen LogP contribution >= 0.6 is 0 Å². The number of nitrogens with zero attached hydrogens (tertiary/aromatic N) is 6. The summed E-state index contributed by atoms with van der Waals surface area (Å²) >= 11 is 0. The fraction of sp³-hybridized carbons (Fsp3) is 0.382. The van der Waals surface area contributed by atoms with Crippen molar-refractivity contribution in [2.45, 2.75) is 44.1 Å². The first-order chi connectivity index (χ1) is 22.4. The normalized spacial score (nSPS) is 16.3. The minimum absolute atomic E-state index is 0.0709. The number of benzene rings is 2. The summed E-state index contributed by atoms with van der Waals surface area (Å²) in [7, 11) is -3.75. The van der Waals surface area contributed by atoms with E-state index in [0.717, 1.165) is 22.5 Å². The number of ether oxygens (including phenoxy) is 1. The van der Waals surface area contributed by atoms with Gasteiger partial charge in [0.1, 0.15) is 11.4 Å². The van der Waals surface area contributed by atoms with Gasteiger partial charge in [0.2, 0.25) is 5.91 Å². The summed E-state index contributed by atoms with van der Waals surface area (Å²) in [6.45, 7) is 8.86. The molecule has 2 aromatic carbocycles. The third-order valence-electron chi connectivity index (χ3n) is 8.32. The van der Waals surface area contributed by atoms with Crippen LogP contribution in [0.4, 0.5) is 16.3 Å². The van der Waals surface area contributed by atoms with Gasteiger partial charge in [-0.05, 0) is 69.5 Å². The van der Waals surface area contributed by atoms with Crippen LogP contribution in [0.1, 0.15) is 33.6 Å². The molecule has 4 heterocycles. The fourth-order valence-corrected chi connectivity index (χ4v) is 6.91. The van der Waals surface area contributed by atoms with Gasteiger partial charge in [-0.3, -0.25) is 19.5 Å². The van der Waals surface area contributed by atoms with Crippen LogP contribution in [0.2, 0.25) is 0 Å². The number of anilines is 2. The maximum atomic E-state index is 13.3. The van der Waals surface area contributed by atoms with Crippen LogP contribution in [0.3, 0.4) is 0 Å². The van der Waals surface area contributed by atoms with E-state index in [-0.39, 0.29) is 22.8 Å². The number of fused-ring (bicyclic) bond motifs is 1. The number of nitrogens with one attached hydrogen (secondary N) is 1. The zero-order valence-corrected chi connectivity index (χ0v) is 27.6. The average molecular weight is 658 g/mol. The van der Waals surface area contributed by atoms with Crippen LogP contribution in [0.25, 0.3) is 22.2 Å². The fourth-order valence-electron chi connectivity index (χ4n) is 5.85. The van der Waals surface area contributed by atoms with Crippen LogP contribution in [-0.4, -0.2) is 90.0 Å². The van der Waals surface area contributed by atoms with E-state index in [1.54, 1.807) is 41.6 Å². The Labute approximate surface area is 274 Å². The summed E-state index contributed by atoms with van der Waals surface area (Å²) in [5.41, 5.74) is 2.81. The molecule has 2 amide bonds. The molecule has 47 heavy (non-hydrogen) atoms. The average Bonchev–Trinajstić information content (AvgIpc) is 3.07. The summed E-state index contributed by atoms with van der Waals surface area (Å²) in [6, 6.07) is 15.6. The Kier molecular flexibility index (Phi) is 9.00. The molecule has 2 aliphatic heterocycles. The van der Waals surface area contributed by atoms with Crippen LogP contribution in [0.5, 0.6) is 0 Å². The monoisotopic (exact) mass is 657 g/mol. The lowest BCUT2D eigenvalue weighted by Crippen LogP contribution is -2.53. The van der Waals surface area contributed by atoms with Gasteiger partial charge in [-0.2, -0.15) is 0 Å². The van der Waals surface area contributed by atoms with E-state index in [2.05, 4.69) is 19.6 Å². The molecule has 2 aromatic heterocycles. The zero-order valence-electron chi connectivity index (χ0n) is 26.8. The summed E-state index contributed by atoms with van der Waals surface area (Å²) in [5, 5.41) is 0. The molecule has 4 aromatic rings. The minimum atomic E-state index is -3.75. The molecule has 1 N–H and O–H groups in total. The van der Waals surface area contributed by atoms with Gasteiger partial charge in [0.15, 0.2) is 0 Å². The first-order valence-electron chi connectivity index (χ1n) is 15.8. The highest BCUT2D eigenvalue weighted by molar-refractivity contribution is 7.92. The number of hydrogen-bond donors (Lipinski definition) is 1. The van der Waals surface area contributed by atoms with Crippen LogP contribution in [-0.2, 0) is 19.6 Å². The number of hydrogen-bond acceptors (Lipinski definition) is 9. The van der Waals surface area contributed by atoms with Gasteiger partial charge in [0, 0.05) is 56.9 Å². The van der Waals surface area contributed by atoms with Gasteiger partial charge in [0.25, 0.3) is 10.0 Å². The van der Waals surface area contributed by atoms with Crippen LogP contribution in [0.15, 0.2) is 78.1 Å². The predicted octanol–water partition coefficient (Wildman–Crippen LogP) is 4.79. The molecule has 0 unspecified atom stereocenters. The van der Waals surface area contributed by atoms with E-state index in [1.165, 1.54) is 18.3 Å². The minimum Gasteiger partial charge on any atom is -0.444 e. The third-order valence-corrected chi connectivity index (χ3v) is 9.72. The number of rotatable bonds is 6. The second kappa shape index (κ2) is 13.1. The Morgan fingerprint density at radius 2 is 1.53 bits per heavy atom. The molecule has 0 saturated carbocycles. The van der Waals surface area contributed by atoms with Crippen molar-refractivity contribution in [1.29, 1.82) is 0 Å². The number of carbonyl (C=O) groups excluding carboxylic acids is 2. The van der Waals surface area contributed by atoms with Crippen molar-refractivity contribution in [2.75, 3.05) is 48.9 Å². The maximum Gasteiger partial charge on any atom is 0.410 e. The van der Waals surface area contributed by atoms with E-state index in [4.69, 9.17) is 9.72 Å². The Balaban J connectivity index is 1.08. The molecule has 2 saturated heterocycles. The summed E-state index contributed by atoms with van der Waals surface area (Å²) in [6.07, 6.45) is 6.00. The predicted molar refractivity (Wildman–Crippen MR) is 179 cm³/mol. The molecule has 13 heteroatoms.